The molecular weight excluding hydrogens is 609 g/mol. The van der Waals surface area contributed by atoms with Gasteiger partial charge in [-0.1, -0.05) is 128 Å². The molecule has 0 fully saturated rings. The highest BCUT2D eigenvalue weighted by molar-refractivity contribution is 7.05. The summed E-state index contributed by atoms with van der Waals surface area (Å²) >= 11 is 0. The lowest BCUT2D eigenvalue weighted by molar-refractivity contribution is 1.18. The van der Waals surface area contributed by atoms with Crippen molar-refractivity contribution in [3.63, 3.8) is 0 Å². The van der Waals surface area contributed by atoms with Crippen LogP contribution in [0.5, 0.6) is 0 Å². The second-order valence-electron chi connectivity index (χ2n) is 14.1. The first-order valence-electron chi connectivity index (χ1n) is 17.2. The molecule has 5 heteroatoms. The smallest absolute Gasteiger partial charge is 0.332 e. The average molecular weight is 642 g/mol. The van der Waals surface area contributed by atoms with Gasteiger partial charge in [-0.2, -0.15) is 0 Å². The van der Waals surface area contributed by atoms with E-state index in [0.717, 1.165) is 0 Å². The van der Waals surface area contributed by atoms with Gasteiger partial charge in [0.05, 0.1) is 22.1 Å². The van der Waals surface area contributed by atoms with E-state index >= 15 is 0 Å². The molecule has 4 heterocycles. The number of nitrogens with zero attached hydrogens (tertiary/aromatic N) is 3. The summed E-state index contributed by atoms with van der Waals surface area (Å²) in [5, 5.41) is 8.23. The third-order valence-electron chi connectivity index (χ3n) is 11.3. The van der Waals surface area contributed by atoms with Crippen molar-refractivity contribution in [3.8, 4) is 11.4 Å². The van der Waals surface area contributed by atoms with Crippen molar-refractivity contribution in [2.45, 2.75) is 13.1 Å². The zero-order valence-electron chi connectivity index (χ0n) is 27.4. The lowest BCUT2D eigenvalue weighted by Gasteiger charge is -2.45. The number of aromatic nitrogens is 2. The van der Waals surface area contributed by atoms with Crippen LogP contribution in [0.3, 0.4) is 0 Å². The lowest BCUT2D eigenvalue weighted by Crippen LogP contribution is -2.66. The van der Waals surface area contributed by atoms with E-state index < -0.39 is 8.07 Å². The Labute approximate surface area is 286 Å². The number of hydrogen-bond donors (Lipinski definition) is 0. The van der Waals surface area contributed by atoms with Gasteiger partial charge in [-0.15, -0.1) is 0 Å². The standard InChI is InChI=1S/C44H32BN3Si/c1-49(2)40-26-13-12-25-38(40)48(44-41(49)28-27-39-42(44)32-18-7-10-23-36(32)46(39)29-15-4-3-5-16-29)45-33-20-8-11-24-37(33)47-35-22-9-6-17-30(35)31-19-14-21-34(45)43(31)47/h3-28H,1-2H3. The molecule has 0 saturated heterocycles. The van der Waals surface area contributed by atoms with E-state index in [1.54, 1.807) is 0 Å². The molecule has 2 aliphatic rings. The fourth-order valence-electron chi connectivity index (χ4n) is 9.28. The molecular formula is C44H32BN3Si. The molecule has 0 bridgehead atoms. The summed E-state index contributed by atoms with van der Waals surface area (Å²) in [7, 11) is -2.12. The van der Waals surface area contributed by atoms with Crippen LogP contribution in [0.15, 0.2) is 158 Å². The van der Waals surface area contributed by atoms with E-state index in [2.05, 4.69) is 185 Å². The van der Waals surface area contributed by atoms with Gasteiger partial charge in [0.25, 0.3) is 0 Å². The number of para-hydroxylation sites is 6. The van der Waals surface area contributed by atoms with Crippen molar-refractivity contribution in [1.29, 1.82) is 0 Å². The average Bonchev–Trinajstić information content (AvgIpc) is 3.67. The van der Waals surface area contributed by atoms with Crippen LogP contribution in [0.1, 0.15) is 0 Å². The van der Waals surface area contributed by atoms with Gasteiger partial charge in [0.15, 0.2) is 0 Å². The van der Waals surface area contributed by atoms with E-state index in [1.165, 1.54) is 87.7 Å². The topological polar surface area (TPSA) is 13.1 Å². The van der Waals surface area contributed by atoms with Crippen molar-refractivity contribution < 1.29 is 0 Å². The summed E-state index contributed by atoms with van der Waals surface area (Å²) in [6.45, 7) is 5.06. The second kappa shape index (κ2) is 9.65. The molecule has 9 aromatic rings. The summed E-state index contributed by atoms with van der Waals surface area (Å²) in [5.74, 6) is 0. The zero-order valence-corrected chi connectivity index (χ0v) is 28.4. The number of benzene rings is 7. The monoisotopic (exact) mass is 641 g/mol. The van der Waals surface area contributed by atoms with Crippen molar-refractivity contribution >= 4 is 91.2 Å². The van der Waals surface area contributed by atoms with Crippen molar-refractivity contribution in [2.24, 2.45) is 0 Å². The molecule has 0 N–H and O–H groups in total. The molecule has 0 unspecified atom stereocenters. The van der Waals surface area contributed by atoms with Crippen LogP contribution < -0.4 is 26.1 Å². The largest absolute Gasteiger partial charge is 0.376 e. The van der Waals surface area contributed by atoms with E-state index in [-0.39, 0.29) is 6.85 Å². The van der Waals surface area contributed by atoms with Gasteiger partial charge in [0.2, 0.25) is 0 Å². The molecule has 2 aromatic heterocycles. The predicted octanol–water partition coefficient (Wildman–Crippen LogP) is 8.27. The Morgan fingerprint density at radius 2 is 1.08 bits per heavy atom. The minimum atomic E-state index is -2.12. The first-order chi connectivity index (χ1) is 24.1. The van der Waals surface area contributed by atoms with Gasteiger partial charge < -0.3 is 13.9 Å². The Bertz CT molecular complexity index is 2830. The third-order valence-corrected chi connectivity index (χ3v) is 14.8. The number of rotatable bonds is 2. The van der Waals surface area contributed by atoms with Gasteiger partial charge in [0.1, 0.15) is 8.07 Å². The number of anilines is 2. The fraction of sp³-hybridized carbons (Fsp3) is 0.0455. The number of hydrogen-bond acceptors (Lipinski definition) is 1. The Kier molecular flexibility index (Phi) is 5.36. The highest BCUT2D eigenvalue weighted by atomic mass is 28.3. The maximum absolute atomic E-state index is 2.74. The molecule has 230 valence electrons. The summed E-state index contributed by atoms with van der Waals surface area (Å²) in [6.07, 6.45) is 0. The van der Waals surface area contributed by atoms with Gasteiger partial charge in [-0.25, -0.2) is 0 Å². The second-order valence-corrected chi connectivity index (χ2v) is 18.4. The molecule has 11 rings (SSSR count). The third kappa shape index (κ3) is 3.42. The van der Waals surface area contributed by atoms with Gasteiger partial charge in [-0.05, 0) is 63.8 Å². The highest BCUT2D eigenvalue weighted by Gasteiger charge is 2.46. The van der Waals surface area contributed by atoms with Crippen LogP contribution in [0.4, 0.5) is 11.4 Å². The van der Waals surface area contributed by atoms with Crippen molar-refractivity contribution in [1.82, 2.24) is 9.13 Å². The van der Waals surface area contributed by atoms with E-state index in [0.29, 0.717) is 0 Å². The maximum Gasteiger partial charge on any atom is 0.332 e. The Hall–Kier alpha value is -5.78. The summed E-state index contributed by atoms with van der Waals surface area (Å²) in [6, 6.07) is 58.9. The normalized spacial score (nSPS) is 14.4. The molecule has 0 radical (unpaired) electrons. The van der Waals surface area contributed by atoms with Crippen LogP contribution in [-0.2, 0) is 0 Å². The minimum Gasteiger partial charge on any atom is -0.376 e. The zero-order chi connectivity index (χ0) is 32.4. The minimum absolute atomic E-state index is 0.0221. The molecule has 0 amide bonds. The van der Waals surface area contributed by atoms with Crippen molar-refractivity contribution in [2.75, 3.05) is 4.81 Å². The Morgan fingerprint density at radius 1 is 0.449 bits per heavy atom. The van der Waals surface area contributed by atoms with Gasteiger partial charge in [0, 0.05) is 44.3 Å². The van der Waals surface area contributed by atoms with Crippen LogP contribution in [0.25, 0.3) is 55.0 Å². The van der Waals surface area contributed by atoms with E-state index in [9.17, 15) is 0 Å². The van der Waals surface area contributed by atoms with Crippen LogP contribution in [0, 0.1) is 0 Å². The summed E-state index contributed by atoms with van der Waals surface area (Å²) in [4.78, 5) is 2.74. The van der Waals surface area contributed by atoms with Gasteiger partial charge >= 0.3 is 6.85 Å². The first kappa shape index (κ1) is 27.2. The maximum atomic E-state index is 2.74. The lowest BCUT2D eigenvalue weighted by atomic mass is 9.46. The molecule has 3 nitrogen and oxygen atoms in total. The molecule has 49 heavy (non-hydrogen) atoms. The summed E-state index contributed by atoms with van der Waals surface area (Å²) in [5.41, 5.74) is 12.9. The van der Waals surface area contributed by atoms with Crippen molar-refractivity contribution in [3.05, 3.63) is 158 Å². The summed E-state index contributed by atoms with van der Waals surface area (Å²) < 4.78 is 4.98. The van der Waals surface area contributed by atoms with Crippen LogP contribution >= 0.6 is 0 Å². The molecule has 0 saturated carbocycles. The number of fused-ring (bicyclic) bond motifs is 11. The SMILES string of the molecule is C[Si]1(C)c2ccccc2N(B2c3ccccc3-n3c4ccccc4c4cccc2c43)c2c1ccc1c2c2ccccc2n1-c1ccccc1. The Balaban J connectivity index is 1.33. The fourth-order valence-corrected chi connectivity index (χ4v) is 12.3. The molecule has 0 aliphatic carbocycles. The van der Waals surface area contributed by atoms with E-state index in [4.69, 9.17) is 0 Å². The van der Waals surface area contributed by atoms with Crippen LogP contribution in [0.2, 0.25) is 13.1 Å². The Morgan fingerprint density at radius 3 is 1.92 bits per heavy atom. The van der Waals surface area contributed by atoms with Gasteiger partial charge in [-0.3, -0.25) is 0 Å². The highest BCUT2D eigenvalue weighted by Crippen LogP contribution is 2.44. The molecule has 2 aliphatic heterocycles. The predicted molar refractivity (Wildman–Crippen MR) is 212 cm³/mol. The first-order valence-corrected chi connectivity index (χ1v) is 20.2. The molecule has 0 spiro atoms. The van der Waals surface area contributed by atoms with Crippen LogP contribution in [-0.4, -0.2) is 24.1 Å². The quantitative estimate of drug-likeness (QED) is 0.173. The molecule has 0 atom stereocenters. The molecule has 7 aromatic carbocycles. The van der Waals surface area contributed by atoms with E-state index in [1.807, 2.05) is 0 Å².